The second-order valence-electron chi connectivity index (χ2n) is 4.14. The van der Waals surface area contributed by atoms with Gasteiger partial charge in [0.15, 0.2) is 0 Å². The van der Waals surface area contributed by atoms with Crippen LogP contribution in [0.2, 0.25) is 0 Å². The summed E-state index contributed by atoms with van der Waals surface area (Å²) in [6.07, 6.45) is 1.26. The maximum atomic E-state index is 11.2. The molecule has 9 heteroatoms. The van der Waals surface area contributed by atoms with Crippen molar-refractivity contribution in [3.63, 3.8) is 0 Å². The van der Waals surface area contributed by atoms with Gasteiger partial charge in [-0.2, -0.15) is 0 Å². The first kappa shape index (κ1) is 12.6. The van der Waals surface area contributed by atoms with Crippen LogP contribution in [-0.2, 0) is 0 Å². The van der Waals surface area contributed by atoms with Crippen LogP contribution in [0.3, 0.4) is 0 Å². The van der Waals surface area contributed by atoms with Crippen LogP contribution in [0, 0.1) is 10.1 Å². The molecular weight excluding hydrogens is 331 g/mol. The van der Waals surface area contributed by atoms with E-state index in [1.165, 1.54) is 18.3 Å². The SMILES string of the molecule is O=[N+]([O-])C1=CNc2n[se]nc2C1c1ccc(O)cc1O. The van der Waals surface area contributed by atoms with Gasteiger partial charge in [0.05, 0.1) is 0 Å². The van der Waals surface area contributed by atoms with Crippen molar-refractivity contribution in [3.8, 4) is 11.5 Å². The van der Waals surface area contributed by atoms with E-state index in [1.54, 1.807) is 0 Å². The number of hydrogen-bond acceptors (Lipinski definition) is 7. The first-order valence-corrected chi connectivity index (χ1v) is 7.06. The van der Waals surface area contributed by atoms with Gasteiger partial charge in [-0.25, -0.2) is 0 Å². The van der Waals surface area contributed by atoms with E-state index >= 15 is 0 Å². The molecular formula is C11H8N4O4Se. The minimum atomic E-state index is -0.796. The summed E-state index contributed by atoms with van der Waals surface area (Å²) in [6.45, 7) is 0. The van der Waals surface area contributed by atoms with Crippen LogP contribution in [0.25, 0.3) is 0 Å². The topological polar surface area (TPSA) is 121 Å². The molecule has 0 saturated carbocycles. The summed E-state index contributed by atoms with van der Waals surface area (Å²) in [4.78, 5) is 10.7. The van der Waals surface area contributed by atoms with Crippen LogP contribution >= 0.6 is 0 Å². The zero-order valence-electron chi connectivity index (χ0n) is 9.85. The first-order chi connectivity index (χ1) is 9.58. The molecule has 1 aromatic carbocycles. The fourth-order valence-corrected chi connectivity index (χ4v) is 3.24. The zero-order chi connectivity index (χ0) is 14.3. The second-order valence-corrected chi connectivity index (χ2v) is 5.25. The summed E-state index contributed by atoms with van der Waals surface area (Å²) in [7, 11) is 0. The van der Waals surface area contributed by atoms with Gasteiger partial charge in [0.2, 0.25) is 0 Å². The van der Waals surface area contributed by atoms with Crippen molar-refractivity contribution in [1.29, 1.82) is 0 Å². The summed E-state index contributed by atoms with van der Waals surface area (Å²) in [5.74, 6) is -0.632. The molecule has 1 atom stereocenters. The van der Waals surface area contributed by atoms with Crippen molar-refractivity contribution in [1.82, 2.24) is 7.96 Å². The molecule has 0 fully saturated rings. The van der Waals surface area contributed by atoms with E-state index in [0.717, 1.165) is 6.07 Å². The van der Waals surface area contributed by atoms with E-state index in [9.17, 15) is 20.3 Å². The van der Waals surface area contributed by atoms with Crippen LogP contribution < -0.4 is 5.32 Å². The molecule has 0 amide bonds. The molecule has 20 heavy (non-hydrogen) atoms. The number of benzene rings is 1. The third-order valence-corrected chi connectivity index (χ3v) is 4.11. The fraction of sp³-hybridized carbons (Fsp3) is 0.0909. The Hall–Kier alpha value is -2.38. The molecule has 0 spiro atoms. The Balaban J connectivity index is 2.19. The van der Waals surface area contributed by atoms with Gasteiger partial charge >= 0.3 is 118 Å². The van der Waals surface area contributed by atoms with E-state index in [0.29, 0.717) is 17.1 Å². The molecule has 1 aliphatic rings. The predicted molar refractivity (Wildman–Crippen MR) is 69.3 cm³/mol. The average molecular weight is 339 g/mol. The van der Waals surface area contributed by atoms with E-state index in [1.807, 2.05) is 0 Å². The summed E-state index contributed by atoms with van der Waals surface area (Å²) in [6, 6.07) is 3.96. The Morgan fingerprint density at radius 2 is 2.15 bits per heavy atom. The molecule has 0 aliphatic carbocycles. The van der Waals surface area contributed by atoms with Crippen LogP contribution in [0.5, 0.6) is 11.5 Å². The van der Waals surface area contributed by atoms with Crippen LogP contribution in [-0.4, -0.2) is 38.1 Å². The average Bonchev–Trinajstić information content (AvgIpc) is 2.86. The van der Waals surface area contributed by atoms with Gasteiger partial charge in [-0.3, -0.25) is 0 Å². The van der Waals surface area contributed by atoms with Crippen LogP contribution in [0.4, 0.5) is 5.82 Å². The van der Waals surface area contributed by atoms with Crippen molar-refractivity contribution >= 4 is 20.8 Å². The Kier molecular flexibility index (Phi) is 2.92. The van der Waals surface area contributed by atoms with E-state index in [2.05, 4.69) is 13.3 Å². The quantitative estimate of drug-likeness (QED) is 0.416. The Labute approximate surface area is 118 Å². The minimum absolute atomic E-state index is 0.113. The molecule has 1 aromatic heterocycles. The molecule has 1 unspecified atom stereocenters. The summed E-state index contributed by atoms with van der Waals surface area (Å²) >= 11 is -0.345. The molecule has 3 rings (SSSR count). The number of fused-ring (bicyclic) bond motifs is 1. The normalized spacial score (nSPS) is 17.0. The van der Waals surface area contributed by atoms with Gasteiger partial charge in [0, 0.05) is 0 Å². The zero-order valence-corrected chi connectivity index (χ0v) is 11.6. The number of phenolic OH excluding ortho intramolecular Hbond substituents is 2. The van der Waals surface area contributed by atoms with Crippen molar-refractivity contribution < 1.29 is 15.1 Å². The molecule has 2 heterocycles. The van der Waals surface area contributed by atoms with Gasteiger partial charge in [-0.15, -0.1) is 0 Å². The van der Waals surface area contributed by atoms with E-state index in [4.69, 9.17) is 0 Å². The number of phenols is 2. The second kappa shape index (κ2) is 4.62. The van der Waals surface area contributed by atoms with E-state index < -0.39 is 10.8 Å². The first-order valence-electron chi connectivity index (χ1n) is 5.53. The number of hydrogen-bond donors (Lipinski definition) is 3. The number of nitro groups is 1. The summed E-state index contributed by atoms with van der Waals surface area (Å²) < 4.78 is 8.35. The molecule has 0 bridgehead atoms. The maximum absolute atomic E-state index is 11.2. The number of aromatic hydroxyl groups is 2. The third-order valence-electron chi connectivity index (χ3n) is 2.98. The van der Waals surface area contributed by atoms with Gasteiger partial charge in [-0.05, 0) is 0 Å². The number of allylic oxidation sites excluding steroid dienone is 1. The number of nitrogens with zero attached hydrogens (tertiary/aromatic N) is 3. The predicted octanol–water partition coefficient (Wildman–Crippen LogP) is 0.620. The van der Waals surface area contributed by atoms with Crippen molar-refractivity contribution in [3.05, 3.63) is 51.5 Å². The standard InChI is InChI=1S/C11H8N4O4Se/c16-5-1-2-6(8(17)3-5)9-7(15(18)19)4-12-11-10(9)13-20-14-11/h1-4,9,16-17H,(H,12,14). The van der Waals surface area contributed by atoms with Crippen LogP contribution in [0.1, 0.15) is 17.2 Å². The van der Waals surface area contributed by atoms with Crippen molar-refractivity contribution in [2.45, 2.75) is 5.92 Å². The van der Waals surface area contributed by atoms with Gasteiger partial charge in [-0.1, -0.05) is 0 Å². The molecule has 0 radical (unpaired) electrons. The molecule has 2 aromatic rings. The summed E-state index contributed by atoms with van der Waals surface area (Å²) in [5, 5.41) is 33.2. The summed E-state index contributed by atoms with van der Waals surface area (Å²) in [5.41, 5.74) is 0.637. The fourth-order valence-electron chi connectivity index (χ4n) is 2.09. The van der Waals surface area contributed by atoms with Gasteiger partial charge in [0.1, 0.15) is 0 Å². The Bertz CT molecular complexity index is 727. The van der Waals surface area contributed by atoms with Gasteiger partial charge < -0.3 is 0 Å². The van der Waals surface area contributed by atoms with Gasteiger partial charge in [0.25, 0.3) is 0 Å². The van der Waals surface area contributed by atoms with Crippen LogP contribution in [0.15, 0.2) is 30.1 Å². The molecule has 1 aliphatic heterocycles. The third kappa shape index (κ3) is 1.93. The number of anilines is 1. The number of nitrogens with one attached hydrogen (secondary N) is 1. The number of rotatable bonds is 2. The van der Waals surface area contributed by atoms with Crippen molar-refractivity contribution in [2.75, 3.05) is 5.32 Å². The molecule has 3 N–H and O–H groups in total. The van der Waals surface area contributed by atoms with E-state index in [-0.39, 0.29) is 32.2 Å². The molecule has 0 saturated heterocycles. The Morgan fingerprint density at radius 3 is 2.85 bits per heavy atom. The van der Waals surface area contributed by atoms with Crippen molar-refractivity contribution in [2.24, 2.45) is 0 Å². The molecule has 102 valence electrons. The monoisotopic (exact) mass is 340 g/mol. The Morgan fingerprint density at radius 1 is 1.35 bits per heavy atom. The number of aromatic nitrogens is 2. The molecule has 8 nitrogen and oxygen atoms in total.